The van der Waals surface area contributed by atoms with Crippen molar-refractivity contribution < 1.29 is 37.7 Å². The first-order chi connectivity index (χ1) is 38.6. The molecule has 0 unspecified atom stereocenters. The number of aromatic nitrogens is 15. The van der Waals surface area contributed by atoms with Crippen molar-refractivity contribution in [3.63, 3.8) is 0 Å². The number of carbonyl (C=O) groups is 4. The number of tetrazole rings is 1. The number of fused-ring (bicyclic) bond motifs is 3. The number of aromatic amines is 2. The van der Waals surface area contributed by atoms with Gasteiger partial charge in [-0.1, -0.05) is 52.4 Å². The number of pyridine rings is 2. The summed E-state index contributed by atoms with van der Waals surface area (Å²) >= 11 is 1.64. The first-order valence-electron chi connectivity index (χ1n) is 25.2. The molecule has 2 saturated heterocycles. The van der Waals surface area contributed by atoms with E-state index in [1.165, 1.54) is 57.4 Å². The Morgan fingerprint density at radius 3 is 2.19 bits per heavy atom. The maximum absolute atomic E-state index is 15.4. The minimum absolute atomic E-state index is 0.0796. The van der Waals surface area contributed by atoms with Crippen molar-refractivity contribution in [2.75, 3.05) is 69.3 Å². The molecule has 3 aromatic carbocycles. The van der Waals surface area contributed by atoms with E-state index in [1.807, 2.05) is 65.6 Å². The number of piperazine rings is 1. The summed E-state index contributed by atoms with van der Waals surface area (Å²) in [4.78, 5) is 85.0. The second-order valence-corrected chi connectivity index (χ2v) is 19.8. The first-order valence-corrected chi connectivity index (χ1v) is 26.1. The smallest absolute Gasteiger partial charge is 0.419 e. The van der Waals surface area contributed by atoms with Crippen LogP contribution in [-0.2, 0) is 9.59 Å². The summed E-state index contributed by atoms with van der Waals surface area (Å²) in [5.74, 6) is -2.21. The molecule has 0 radical (unpaired) electrons. The summed E-state index contributed by atoms with van der Waals surface area (Å²) in [5, 5.41) is 23.6. The van der Waals surface area contributed by atoms with Crippen molar-refractivity contribution in [3.05, 3.63) is 145 Å². The second kappa shape index (κ2) is 19.8. The molecular weight excluding hydrogens is 1030 g/mol. The summed E-state index contributed by atoms with van der Waals surface area (Å²) in [6, 6.07) is 25.5. The van der Waals surface area contributed by atoms with Crippen LogP contribution in [-0.4, -0.2) is 158 Å². The molecule has 2 N–H and O–H groups in total. The molecule has 2 fully saturated rings. The molecule has 0 spiro atoms. The van der Waals surface area contributed by atoms with E-state index in [0.717, 1.165) is 32.7 Å². The number of carbonyl (C=O) groups excluding carboxylic acids is 4. The van der Waals surface area contributed by atoms with Crippen LogP contribution in [0.15, 0.2) is 122 Å². The quantitative estimate of drug-likeness (QED) is 0.100. The Morgan fingerprint density at radius 1 is 0.747 bits per heavy atom. The van der Waals surface area contributed by atoms with Gasteiger partial charge in [-0.15, -0.1) is 26.2 Å². The third-order valence-corrected chi connectivity index (χ3v) is 15.2. The fourth-order valence-electron chi connectivity index (χ4n) is 10.3. The number of aryl methyl sites for hydroxylation is 1. The van der Waals surface area contributed by atoms with Gasteiger partial charge in [0.1, 0.15) is 22.4 Å². The SMILES string of the molecule is COc1c[n+](-n2nc(N3CCCN(C(=O)C(=O)c4c[nH]c5c(-n6ccnn6)ncc(F)c45)CC3)[n+](-c3ccccc3)n2)c(-n2cnc(C)n2)c2[nH]cc(C(=O)C(=O)N3CCN(c4ccccc4-c4nc5ccccc5s4)CC3)c12. The summed E-state index contributed by atoms with van der Waals surface area (Å²) in [7, 11) is 1.47. The van der Waals surface area contributed by atoms with Gasteiger partial charge in [0.2, 0.25) is 0 Å². The summed E-state index contributed by atoms with van der Waals surface area (Å²) < 4.78 is 28.6. The maximum Gasteiger partial charge on any atom is 0.419 e. The number of ketones is 2. The van der Waals surface area contributed by atoms with E-state index >= 15 is 4.39 Å². The van der Waals surface area contributed by atoms with E-state index in [-0.39, 0.29) is 53.2 Å². The Labute approximate surface area is 450 Å². The molecule has 2 aliphatic rings. The highest BCUT2D eigenvalue weighted by molar-refractivity contribution is 7.21. The van der Waals surface area contributed by atoms with Crippen LogP contribution >= 0.6 is 11.3 Å². The van der Waals surface area contributed by atoms with Gasteiger partial charge in [-0.2, -0.15) is 0 Å². The number of amides is 2. The van der Waals surface area contributed by atoms with Crippen LogP contribution < -0.4 is 23.9 Å². The topological polar surface area (TPSA) is 248 Å². The summed E-state index contributed by atoms with van der Waals surface area (Å²) in [6.45, 7) is 4.36. The zero-order chi connectivity index (χ0) is 53.9. The van der Waals surface area contributed by atoms with Gasteiger partial charge >= 0.3 is 5.95 Å². The predicted octanol–water partition coefficient (Wildman–Crippen LogP) is 3.86. The third kappa shape index (κ3) is 8.53. The summed E-state index contributed by atoms with van der Waals surface area (Å²) in [6.07, 6.45) is 10.3. The number of anilines is 2. The van der Waals surface area contributed by atoms with Gasteiger partial charge in [-0.25, -0.2) is 24.0 Å². The van der Waals surface area contributed by atoms with E-state index < -0.39 is 29.2 Å². The number of ether oxygens (including phenoxy) is 1. The second-order valence-electron chi connectivity index (χ2n) is 18.8. The molecule has 11 aromatic rings. The molecule has 2 amide bonds. The van der Waals surface area contributed by atoms with Gasteiger partial charge in [0.25, 0.3) is 29.2 Å². The number of Topliss-reactive ketones (excluding diaryl/α,β-unsaturated/α-hetero) is 2. The Morgan fingerprint density at radius 2 is 1.46 bits per heavy atom. The number of benzene rings is 3. The summed E-state index contributed by atoms with van der Waals surface area (Å²) in [5.41, 5.74) is 4.15. The highest BCUT2D eigenvalue weighted by Gasteiger charge is 2.38. The fraction of sp³-hybridized carbons (Fsp3) is 0.208. The van der Waals surface area contributed by atoms with Gasteiger partial charge < -0.3 is 29.4 Å². The maximum atomic E-state index is 15.4. The number of nitrogens with one attached hydrogen (secondary N) is 2. The van der Waals surface area contributed by atoms with Crippen LogP contribution in [0.25, 0.3) is 59.9 Å². The lowest BCUT2D eigenvalue weighted by atomic mass is 10.1. The van der Waals surface area contributed by atoms with Crippen LogP contribution in [0.4, 0.5) is 16.0 Å². The van der Waals surface area contributed by atoms with Gasteiger partial charge in [-0.3, -0.25) is 24.1 Å². The Hall–Kier alpha value is -10.1. The number of hydrogen-bond acceptors (Lipinski definition) is 16. The van der Waals surface area contributed by atoms with Crippen LogP contribution in [0.2, 0.25) is 0 Å². The molecule has 26 heteroatoms. The van der Waals surface area contributed by atoms with Crippen molar-refractivity contribution in [3.8, 4) is 33.6 Å². The molecule has 0 atom stereocenters. The molecule has 394 valence electrons. The Kier molecular flexibility index (Phi) is 12.2. The van der Waals surface area contributed by atoms with Crippen molar-refractivity contribution >= 4 is 78.4 Å². The van der Waals surface area contributed by atoms with E-state index in [0.29, 0.717) is 73.3 Å². The molecule has 0 saturated carbocycles. The average Bonchev–Trinajstić information content (AvgIpc) is 4.53. The minimum atomic E-state index is -0.882. The number of halogens is 1. The average molecular weight is 1080 g/mol. The highest BCUT2D eigenvalue weighted by atomic mass is 32.1. The fourth-order valence-corrected chi connectivity index (χ4v) is 11.3. The molecule has 0 bridgehead atoms. The van der Waals surface area contributed by atoms with E-state index in [2.05, 4.69) is 58.4 Å². The lowest BCUT2D eigenvalue weighted by Gasteiger charge is -2.36. The molecule has 10 heterocycles. The van der Waals surface area contributed by atoms with E-state index in [4.69, 9.17) is 20.0 Å². The molecule has 24 nitrogen and oxygen atoms in total. The monoisotopic (exact) mass is 1080 g/mol. The standard InChI is InChI=1S/C53H44FN19O5S/c1-32-58-31-70(61-32)50-45-43(36(28-56-45)47(75)52(77)67-23-21-65(22-24-67)39-15-8-6-13-34(39)49-60-38-14-7-9-16-41(38)79-49)40(78-2)30-71(50)73-62-53(72(64-73)33-11-4-3-5-12-33)68-19-10-18-66(25-26-68)51(76)46(74)35-27-55-44-42(35)37(54)29-57-48(44)69-20-17-59-63-69/h3-9,11-17,20,27-31H,10,18-19,21-26H2,1-2H3/p+2. The number of hydrogen-bond donors (Lipinski definition) is 2. The normalized spacial score (nSPS) is 14.2. The first kappa shape index (κ1) is 48.5. The molecule has 13 rings (SSSR count). The molecular formula is C53H46FN19O5S+2. The predicted molar refractivity (Wildman–Crippen MR) is 284 cm³/mol. The highest BCUT2D eigenvalue weighted by Crippen LogP contribution is 2.37. The zero-order valence-corrected chi connectivity index (χ0v) is 43.2. The van der Waals surface area contributed by atoms with Crippen LogP contribution in [0.3, 0.4) is 0 Å². The largest absolute Gasteiger partial charge is 0.493 e. The van der Waals surface area contributed by atoms with E-state index in [9.17, 15) is 19.2 Å². The number of nitrogens with zero attached hydrogens (tertiary/aromatic N) is 17. The van der Waals surface area contributed by atoms with Crippen molar-refractivity contribution in [2.45, 2.75) is 13.3 Å². The molecule has 79 heavy (non-hydrogen) atoms. The van der Waals surface area contributed by atoms with Crippen molar-refractivity contribution in [1.82, 2.24) is 74.7 Å². The lowest BCUT2D eigenvalue weighted by molar-refractivity contribution is -0.766. The van der Waals surface area contributed by atoms with Crippen molar-refractivity contribution in [2.24, 2.45) is 0 Å². The third-order valence-electron chi connectivity index (χ3n) is 14.1. The van der Waals surface area contributed by atoms with Crippen LogP contribution in [0.1, 0.15) is 33.0 Å². The van der Waals surface area contributed by atoms with Gasteiger partial charge in [0.15, 0.2) is 39.7 Å². The van der Waals surface area contributed by atoms with Gasteiger partial charge in [-0.05, 0) is 54.4 Å². The molecule has 8 aromatic heterocycles. The van der Waals surface area contributed by atoms with E-state index in [1.54, 1.807) is 38.7 Å². The van der Waals surface area contributed by atoms with Gasteiger partial charge in [0, 0.05) is 62.9 Å². The van der Waals surface area contributed by atoms with Crippen LogP contribution in [0, 0.1) is 12.7 Å². The lowest BCUT2D eigenvalue weighted by Crippen LogP contribution is -2.51. The number of para-hydroxylation sites is 3. The number of H-pyrrole nitrogens is 2. The zero-order valence-electron chi connectivity index (χ0n) is 42.3. The minimum Gasteiger partial charge on any atom is -0.493 e. The number of rotatable bonds is 12. The Bertz CT molecular complexity index is 4150. The van der Waals surface area contributed by atoms with Crippen LogP contribution in [0.5, 0.6) is 5.75 Å². The molecule has 0 aliphatic carbocycles. The number of thiazole rings is 1. The van der Waals surface area contributed by atoms with Gasteiger partial charge in [0.05, 0.1) is 81.5 Å². The molecule has 2 aliphatic heterocycles. The van der Waals surface area contributed by atoms with Crippen molar-refractivity contribution in [1.29, 1.82) is 0 Å². The number of methoxy groups -OCH3 is 1. The Balaban J connectivity index is 0.790.